The number of hydrogen-bond acceptors (Lipinski definition) is 4. The molecule has 1 aliphatic rings. The van der Waals surface area contributed by atoms with E-state index in [1.807, 2.05) is 30.3 Å². The molecule has 1 amide bonds. The van der Waals surface area contributed by atoms with Crippen molar-refractivity contribution < 1.29 is 14.3 Å². The fraction of sp³-hybridized carbons (Fsp3) is 0.267. The van der Waals surface area contributed by atoms with Gasteiger partial charge >= 0.3 is 5.97 Å². The Morgan fingerprint density at radius 1 is 1.25 bits per heavy atom. The van der Waals surface area contributed by atoms with Crippen molar-refractivity contribution in [3.63, 3.8) is 0 Å². The summed E-state index contributed by atoms with van der Waals surface area (Å²) in [7, 11) is 1.32. The quantitative estimate of drug-likeness (QED) is 0.861. The molecular formula is C15H14N2O3. The maximum atomic E-state index is 12.4. The first kappa shape index (κ1) is 12.6. The molecule has 0 saturated heterocycles. The second kappa shape index (κ2) is 4.59. The van der Waals surface area contributed by atoms with E-state index < -0.39 is 11.5 Å². The van der Waals surface area contributed by atoms with Gasteiger partial charge in [0.1, 0.15) is 11.2 Å². The minimum atomic E-state index is -0.857. The summed E-state index contributed by atoms with van der Waals surface area (Å²) in [5.41, 5.74) is -0.525. The number of fused-ring (bicyclic) bond motifs is 1. The van der Waals surface area contributed by atoms with Crippen LogP contribution in [0.15, 0.2) is 36.5 Å². The highest BCUT2D eigenvalue weighted by Crippen LogP contribution is 2.36. The fourth-order valence-corrected chi connectivity index (χ4v) is 2.28. The Hall–Kier alpha value is -2.43. The third kappa shape index (κ3) is 2.01. The lowest BCUT2D eigenvalue weighted by atomic mass is 10.1. The summed E-state index contributed by atoms with van der Waals surface area (Å²) >= 11 is 0. The number of aromatic nitrogens is 1. The molecule has 1 aromatic carbocycles. The summed E-state index contributed by atoms with van der Waals surface area (Å²) in [5, 5.41) is 4.46. The van der Waals surface area contributed by atoms with Gasteiger partial charge in [-0.25, -0.2) is 4.79 Å². The first-order valence-electron chi connectivity index (χ1n) is 6.41. The second-order valence-electron chi connectivity index (χ2n) is 4.91. The van der Waals surface area contributed by atoms with Gasteiger partial charge in [0.25, 0.3) is 5.91 Å². The average Bonchev–Trinajstić information content (AvgIpc) is 3.26. The molecule has 0 radical (unpaired) electrons. The predicted molar refractivity (Wildman–Crippen MR) is 73.2 cm³/mol. The molecule has 1 N–H and O–H groups in total. The van der Waals surface area contributed by atoms with Crippen molar-refractivity contribution in [2.45, 2.75) is 18.4 Å². The summed E-state index contributed by atoms with van der Waals surface area (Å²) in [5.74, 6) is -0.740. The highest BCUT2D eigenvalue weighted by atomic mass is 16.5. The van der Waals surface area contributed by atoms with Gasteiger partial charge in [-0.15, -0.1) is 0 Å². The van der Waals surface area contributed by atoms with E-state index in [1.165, 1.54) is 7.11 Å². The van der Waals surface area contributed by atoms with Crippen molar-refractivity contribution in [3.8, 4) is 0 Å². The van der Waals surface area contributed by atoms with Crippen molar-refractivity contribution >= 4 is 22.6 Å². The van der Waals surface area contributed by atoms with Gasteiger partial charge < -0.3 is 10.1 Å². The van der Waals surface area contributed by atoms with Crippen LogP contribution in [0.5, 0.6) is 0 Å². The lowest BCUT2D eigenvalue weighted by molar-refractivity contribution is -0.144. The number of ether oxygens (including phenoxy) is 1. The van der Waals surface area contributed by atoms with Crippen LogP contribution in [-0.4, -0.2) is 29.5 Å². The van der Waals surface area contributed by atoms with Crippen LogP contribution >= 0.6 is 0 Å². The highest BCUT2D eigenvalue weighted by Gasteiger charge is 2.52. The molecule has 3 rings (SSSR count). The number of amides is 1. The molecule has 1 fully saturated rings. The normalized spacial score (nSPS) is 15.7. The molecule has 0 bridgehead atoms. The van der Waals surface area contributed by atoms with E-state index in [2.05, 4.69) is 10.3 Å². The zero-order valence-corrected chi connectivity index (χ0v) is 11.1. The lowest BCUT2D eigenvalue weighted by Gasteiger charge is -2.15. The van der Waals surface area contributed by atoms with Crippen molar-refractivity contribution in [3.05, 3.63) is 42.2 Å². The van der Waals surface area contributed by atoms with E-state index in [9.17, 15) is 9.59 Å². The summed E-state index contributed by atoms with van der Waals surface area (Å²) in [6.07, 6.45) is 2.81. The minimum Gasteiger partial charge on any atom is -0.467 e. The van der Waals surface area contributed by atoms with Gasteiger partial charge in [0.15, 0.2) is 0 Å². The number of hydrogen-bond donors (Lipinski definition) is 1. The Kier molecular flexibility index (Phi) is 2.89. The molecule has 1 heterocycles. The van der Waals surface area contributed by atoms with E-state index in [1.54, 1.807) is 6.20 Å². The molecule has 0 atom stereocenters. The van der Waals surface area contributed by atoms with Crippen molar-refractivity contribution in [1.29, 1.82) is 0 Å². The molecule has 20 heavy (non-hydrogen) atoms. The smallest absolute Gasteiger partial charge is 0.331 e. The zero-order valence-electron chi connectivity index (χ0n) is 11.1. The van der Waals surface area contributed by atoms with E-state index in [4.69, 9.17) is 4.74 Å². The van der Waals surface area contributed by atoms with E-state index in [0.29, 0.717) is 18.5 Å². The van der Waals surface area contributed by atoms with Crippen LogP contribution in [0.3, 0.4) is 0 Å². The van der Waals surface area contributed by atoms with Gasteiger partial charge in [0.05, 0.1) is 7.11 Å². The number of methoxy groups -OCH3 is 1. The van der Waals surface area contributed by atoms with Crippen molar-refractivity contribution in [2.24, 2.45) is 0 Å². The first-order chi connectivity index (χ1) is 9.66. The molecule has 1 aromatic heterocycles. The van der Waals surface area contributed by atoms with Crippen LogP contribution in [0.25, 0.3) is 10.8 Å². The third-order valence-corrected chi connectivity index (χ3v) is 3.57. The molecule has 5 heteroatoms. The topological polar surface area (TPSA) is 68.3 Å². The second-order valence-corrected chi connectivity index (χ2v) is 4.91. The Morgan fingerprint density at radius 3 is 2.70 bits per heavy atom. The number of carbonyl (C=O) groups excluding carboxylic acids is 2. The van der Waals surface area contributed by atoms with Crippen molar-refractivity contribution in [2.75, 3.05) is 7.11 Å². The largest absolute Gasteiger partial charge is 0.467 e. The van der Waals surface area contributed by atoms with E-state index in [0.717, 1.165) is 10.8 Å². The van der Waals surface area contributed by atoms with Gasteiger partial charge in [-0.2, -0.15) is 0 Å². The zero-order chi connectivity index (χ0) is 14.2. The molecule has 1 saturated carbocycles. The maximum Gasteiger partial charge on any atom is 0.331 e. The number of pyridine rings is 1. The molecule has 5 nitrogen and oxygen atoms in total. The summed E-state index contributed by atoms with van der Waals surface area (Å²) in [4.78, 5) is 28.2. The summed E-state index contributed by atoms with van der Waals surface area (Å²) < 4.78 is 4.73. The van der Waals surface area contributed by atoms with Gasteiger partial charge in [0.2, 0.25) is 0 Å². The van der Waals surface area contributed by atoms with Gasteiger partial charge in [-0.05, 0) is 24.3 Å². The maximum absolute atomic E-state index is 12.4. The Labute approximate surface area is 116 Å². The number of carbonyl (C=O) groups is 2. The third-order valence-electron chi connectivity index (χ3n) is 3.57. The Bertz CT molecular complexity index is 687. The summed E-state index contributed by atoms with van der Waals surface area (Å²) in [6, 6.07) is 9.37. The molecule has 0 spiro atoms. The van der Waals surface area contributed by atoms with Gasteiger partial charge in [0, 0.05) is 11.6 Å². The van der Waals surface area contributed by atoms with Crippen LogP contribution in [0, 0.1) is 0 Å². The SMILES string of the molecule is COC(=O)C1(NC(=O)c2nccc3ccccc23)CC1. The minimum absolute atomic E-state index is 0.332. The number of nitrogens with zero attached hydrogens (tertiary/aromatic N) is 1. The number of esters is 1. The predicted octanol–water partition coefficient (Wildman–Crippen LogP) is 1.67. The van der Waals surface area contributed by atoms with E-state index >= 15 is 0 Å². The molecule has 0 unspecified atom stereocenters. The fourth-order valence-electron chi connectivity index (χ4n) is 2.28. The molecule has 0 aliphatic heterocycles. The highest BCUT2D eigenvalue weighted by molar-refractivity contribution is 6.07. The molecule has 1 aliphatic carbocycles. The monoisotopic (exact) mass is 270 g/mol. The Balaban J connectivity index is 1.92. The lowest BCUT2D eigenvalue weighted by Crippen LogP contribution is -2.44. The van der Waals surface area contributed by atoms with Crippen LogP contribution in [0.2, 0.25) is 0 Å². The summed E-state index contributed by atoms with van der Waals surface area (Å²) in [6.45, 7) is 0. The number of nitrogens with one attached hydrogen (secondary N) is 1. The average molecular weight is 270 g/mol. The first-order valence-corrected chi connectivity index (χ1v) is 6.41. The molecule has 2 aromatic rings. The van der Waals surface area contributed by atoms with Gasteiger partial charge in [-0.3, -0.25) is 9.78 Å². The van der Waals surface area contributed by atoms with Gasteiger partial charge in [-0.1, -0.05) is 24.3 Å². The molecule has 102 valence electrons. The Morgan fingerprint density at radius 2 is 2.00 bits per heavy atom. The number of benzene rings is 1. The van der Waals surface area contributed by atoms with E-state index in [-0.39, 0.29) is 5.91 Å². The van der Waals surface area contributed by atoms with Crippen LogP contribution in [-0.2, 0) is 9.53 Å². The number of rotatable bonds is 3. The van der Waals surface area contributed by atoms with Crippen molar-refractivity contribution in [1.82, 2.24) is 10.3 Å². The van der Waals surface area contributed by atoms with Crippen LogP contribution in [0.1, 0.15) is 23.3 Å². The van der Waals surface area contributed by atoms with Crippen LogP contribution in [0.4, 0.5) is 0 Å². The molecular weight excluding hydrogens is 256 g/mol. The van der Waals surface area contributed by atoms with Crippen LogP contribution < -0.4 is 5.32 Å². The standard InChI is InChI=1S/C15H14N2O3/c1-20-14(19)15(7-8-15)17-13(18)12-11-5-3-2-4-10(11)6-9-16-12/h2-6,9H,7-8H2,1H3,(H,17,18).